The minimum atomic E-state index is -2.34. The van der Waals surface area contributed by atoms with Gasteiger partial charge in [-0.3, -0.25) is 19.2 Å². The van der Waals surface area contributed by atoms with E-state index in [1.54, 1.807) is 118 Å². The zero-order chi connectivity index (χ0) is 52.9. The average molecular weight is 1030 g/mol. The molecule has 7 rings (SSSR count). The number of thioether (sulfide) groups is 1. The number of nitrogens with one attached hydrogen (secondary N) is 1. The van der Waals surface area contributed by atoms with Crippen LogP contribution in [0.3, 0.4) is 0 Å². The molecule has 3 aromatic carbocycles. The lowest BCUT2D eigenvalue weighted by molar-refractivity contribution is -0.345. The number of ether oxygens (including phenoxy) is 8. The van der Waals surface area contributed by atoms with Gasteiger partial charge in [-0.2, -0.15) is 11.8 Å². The van der Waals surface area contributed by atoms with Gasteiger partial charge in [-0.15, -0.1) is 0 Å². The van der Waals surface area contributed by atoms with Gasteiger partial charge in [0.15, 0.2) is 11.7 Å². The summed E-state index contributed by atoms with van der Waals surface area (Å²) < 4.78 is 46.7. The van der Waals surface area contributed by atoms with Crippen molar-refractivity contribution in [1.29, 1.82) is 0 Å². The van der Waals surface area contributed by atoms with E-state index in [2.05, 4.69) is 5.32 Å². The first-order chi connectivity index (χ1) is 34.7. The first-order valence-corrected chi connectivity index (χ1v) is 25.5. The fourth-order valence-corrected chi connectivity index (χ4v) is 11.6. The van der Waals surface area contributed by atoms with Crippen molar-refractivity contribution < 1.29 is 81.7 Å². The highest BCUT2D eigenvalue weighted by atomic mass is 32.2. The maximum absolute atomic E-state index is 15.9. The van der Waals surface area contributed by atoms with E-state index in [0.717, 1.165) is 12.7 Å². The Hall–Kier alpha value is -6.12. The normalized spacial score (nSPS) is 28.7. The van der Waals surface area contributed by atoms with E-state index in [0.29, 0.717) is 17.7 Å². The number of hydrogen-bond donors (Lipinski definition) is 3. The van der Waals surface area contributed by atoms with E-state index in [1.807, 2.05) is 6.26 Å². The summed E-state index contributed by atoms with van der Waals surface area (Å²) in [7, 11) is 0. The molecule has 2 saturated carbocycles. The molecule has 0 radical (unpaired) electrons. The van der Waals surface area contributed by atoms with Crippen molar-refractivity contribution >= 4 is 53.5 Å². The minimum Gasteiger partial charge on any atom is -0.456 e. The van der Waals surface area contributed by atoms with E-state index in [9.17, 15) is 39.0 Å². The molecule has 1 saturated heterocycles. The summed E-state index contributed by atoms with van der Waals surface area (Å²) in [5.74, 6) is -6.80. The molecule has 0 spiro atoms. The standard InChI is InChI=1S/C54H63NO17S/c1-31-37(69-49(62)43(58)42(34-17-11-8-12-18-34)55-47(60)35-19-13-9-14-20-35)28-54(64)46(71-48(61)36-21-15-10-16-22-36)44-52(6,45(59)32(2)41(31)51(54,4)5)38(27-39-53(44,29-66-39)72-33(3)56)70-50(63)68-30-67-40(57)23-24-65-25-26-73-7/h8-22,32,37-39,42-44,46,58,64H,23-30H2,1-7H3,(H,55,60)/t32-,37?,38+,39?,42+,43?,44+,46+,52-,53+,54-/m1/s1. The summed E-state index contributed by atoms with van der Waals surface area (Å²) in [5.41, 5.74) is -6.32. The second kappa shape index (κ2) is 22.6. The third-order valence-electron chi connectivity index (χ3n) is 15.0. The van der Waals surface area contributed by atoms with Gasteiger partial charge < -0.3 is 53.4 Å². The van der Waals surface area contributed by atoms with Crippen LogP contribution in [0.1, 0.15) is 93.1 Å². The number of aliphatic hydroxyl groups excluding tert-OH is 1. The predicted octanol–water partition coefficient (Wildman–Crippen LogP) is 5.87. The van der Waals surface area contributed by atoms with Gasteiger partial charge in [-0.05, 0) is 61.1 Å². The van der Waals surface area contributed by atoms with Gasteiger partial charge in [0.1, 0.15) is 35.8 Å². The molecule has 0 aromatic heterocycles. The third kappa shape index (κ3) is 10.8. The summed E-state index contributed by atoms with van der Waals surface area (Å²) in [4.78, 5) is 97.8. The minimum absolute atomic E-state index is 0.0573. The molecule has 11 atom stereocenters. The Kier molecular flexibility index (Phi) is 16.9. The van der Waals surface area contributed by atoms with Gasteiger partial charge in [0.2, 0.25) is 6.79 Å². The van der Waals surface area contributed by atoms with E-state index in [4.69, 9.17) is 37.9 Å². The van der Waals surface area contributed by atoms with Crippen LogP contribution in [0.2, 0.25) is 0 Å². The van der Waals surface area contributed by atoms with Gasteiger partial charge >= 0.3 is 30.0 Å². The van der Waals surface area contributed by atoms with Crippen molar-refractivity contribution in [3.8, 4) is 0 Å². The predicted molar refractivity (Wildman–Crippen MR) is 261 cm³/mol. The summed E-state index contributed by atoms with van der Waals surface area (Å²) in [6.45, 7) is 8.55. The molecule has 3 aliphatic carbocycles. The van der Waals surface area contributed by atoms with E-state index >= 15 is 4.79 Å². The molecule has 3 fully saturated rings. The van der Waals surface area contributed by atoms with Gasteiger partial charge in [-0.1, -0.05) is 87.5 Å². The molecular formula is C54H63NO17S. The summed E-state index contributed by atoms with van der Waals surface area (Å²) in [6, 6.07) is 23.1. The van der Waals surface area contributed by atoms with E-state index in [1.165, 1.54) is 19.1 Å². The maximum Gasteiger partial charge on any atom is 0.511 e. The molecule has 1 heterocycles. The fourth-order valence-electron chi connectivity index (χ4n) is 11.4. The molecule has 3 N–H and O–H groups in total. The number of hydrogen-bond acceptors (Lipinski definition) is 18. The van der Waals surface area contributed by atoms with Gasteiger partial charge in [0.25, 0.3) is 5.91 Å². The second-order valence-corrected chi connectivity index (χ2v) is 20.5. The highest BCUT2D eigenvalue weighted by Crippen LogP contribution is 2.65. The van der Waals surface area contributed by atoms with Gasteiger partial charge in [0, 0.05) is 42.4 Å². The van der Waals surface area contributed by atoms with Crippen molar-refractivity contribution in [2.24, 2.45) is 22.7 Å². The molecule has 1 aliphatic heterocycles. The molecule has 3 aromatic rings. The third-order valence-corrected chi connectivity index (χ3v) is 15.6. The Morgan fingerprint density at radius 3 is 2.10 bits per heavy atom. The Labute approximate surface area is 427 Å². The maximum atomic E-state index is 15.9. The molecule has 392 valence electrons. The molecule has 18 nitrogen and oxygen atoms in total. The lowest BCUT2D eigenvalue weighted by atomic mass is 9.43. The Bertz CT molecular complexity index is 2560. The number of aliphatic hydroxyl groups is 2. The number of rotatable bonds is 18. The summed E-state index contributed by atoms with van der Waals surface area (Å²) in [6.07, 6.45) is -8.10. The SMILES string of the molecule is CSCCOCCC(=O)OCOC(=O)O[C@H]1CC2OC[C@@]2(OC(C)=O)[C@H]2[C@H](OC(=O)c3ccccc3)[C@]3(O)CC(OC(=O)C(O)[C@@H](NC(=O)c4ccccc4)c4ccccc4)C(C)=C([C@@H](C)C(=O)[C@]12C)C3(C)C. The van der Waals surface area contributed by atoms with E-state index < -0.39 is 125 Å². The fraction of sp³-hybridized carbons (Fsp3) is 0.500. The summed E-state index contributed by atoms with van der Waals surface area (Å²) >= 11 is 1.58. The number of amides is 1. The van der Waals surface area contributed by atoms with Crippen LogP contribution in [0.5, 0.6) is 0 Å². The average Bonchev–Trinajstić information content (AvgIpc) is 3.36. The number of fused-ring (bicyclic) bond motifs is 5. The van der Waals surface area contributed by atoms with Crippen LogP contribution >= 0.6 is 11.8 Å². The molecule has 2 bridgehead atoms. The van der Waals surface area contributed by atoms with Crippen molar-refractivity contribution in [3.05, 3.63) is 119 Å². The largest absolute Gasteiger partial charge is 0.511 e. The lowest BCUT2D eigenvalue weighted by Gasteiger charge is -2.67. The van der Waals surface area contributed by atoms with E-state index in [-0.39, 0.29) is 42.8 Å². The number of benzene rings is 3. The van der Waals surface area contributed by atoms with Crippen molar-refractivity contribution in [1.82, 2.24) is 5.32 Å². The summed E-state index contributed by atoms with van der Waals surface area (Å²) in [5, 5.41) is 28.6. The van der Waals surface area contributed by atoms with Crippen LogP contribution in [-0.4, -0.2) is 132 Å². The van der Waals surface area contributed by atoms with Crippen molar-refractivity contribution in [2.45, 2.75) is 109 Å². The highest BCUT2D eigenvalue weighted by molar-refractivity contribution is 7.98. The van der Waals surface area contributed by atoms with Gasteiger partial charge in [0.05, 0.1) is 49.2 Å². The Balaban J connectivity index is 1.29. The zero-order valence-corrected chi connectivity index (χ0v) is 42.7. The Morgan fingerprint density at radius 2 is 1.49 bits per heavy atom. The number of ketones is 1. The number of esters is 4. The second-order valence-electron chi connectivity index (χ2n) is 19.6. The van der Waals surface area contributed by atoms with Crippen LogP contribution in [0, 0.1) is 22.7 Å². The van der Waals surface area contributed by atoms with Crippen LogP contribution in [0.4, 0.5) is 4.79 Å². The zero-order valence-electron chi connectivity index (χ0n) is 41.9. The van der Waals surface area contributed by atoms with Crippen LogP contribution in [-0.2, 0) is 57.1 Å². The first kappa shape index (κ1) is 54.6. The smallest absolute Gasteiger partial charge is 0.456 e. The molecule has 3 unspecified atom stereocenters. The lowest BCUT2D eigenvalue weighted by Crippen LogP contribution is -2.81. The molecule has 19 heteroatoms. The monoisotopic (exact) mass is 1030 g/mol. The van der Waals surface area contributed by atoms with Crippen molar-refractivity contribution in [2.75, 3.05) is 38.6 Å². The number of carbonyl (C=O) groups excluding carboxylic acids is 7. The number of Topliss-reactive ketones (excluding diaryl/α,β-unsaturated/α-hetero) is 1. The molecule has 73 heavy (non-hydrogen) atoms. The number of carbonyl (C=O) groups is 7. The highest BCUT2D eigenvalue weighted by Gasteiger charge is 2.78. The first-order valence-electron chi connectivity index (χ1n) is 24.1. The van der Waals surface area contributed by atoms with Gasteiger partial charge in [-0.25, -0.2) is 14.4 Å². The Morgan fingerprint density at radius 1 is 0.863 bits per heavy atom. The molecular weight excluding hydrogens is 967 g/mol. The topological polar surface area (TPSA) is 246 Å². The quantitative estimate of drug-likeness (QED) is 0.0443. The van der Waals surface area contributed by atoms with Crippen LogP contribution < -0.4 is 5.32 Å². The van der Waals surface area contributed by atoms with Crippen LogP contribution in [0.25, 0.3) is 0 Å². The van der Waals surface area contributed by atoms with Crippen LogP contribution in [0.15, 0.2) is 102 Å². The molecule has 1 amide bonds. The molecule has 4 aliphatic rings. The van der Waals surface area contributed by atoms with Crippen molar-refractivity contribution in [3.63, 3.8) is 0 Å².